The van der Waals surface area contributed by atoms with Crippen LogP contribution in [0.25, 0.3) is 10.9 Å². The van der Waals surface area contributed by atoms with Gasteiger partial charge in [-0.25, -0.2) is 0 Å². The van der Waals surface area contributed by atoms with E-state index in [4.69, 9.17) is 5.11 Å². The first-order valence-electron chi connectivity index (χ1n) is 6.84. The molecule has 3 rings (SSSR count). The van der Waals surface area contributed by atoms with Gasteiger partial charge in [-0.1, -0.05) is 18.2 Å². The Morgan fingerprint density at radius 3 is 2.57 bits per heavy atom. The molecule has 1 aliphatic heterocycles. The molecule has 2 amide bonds. The summed E-state index contributed by atoms with van der Waals surface area (Å²) in [6, 6.07) is 6.48. The Morgan fingerprint density at radius 1 is 1.14 bits per heavy atom. The minimum absolute atomic E-state index is 0.262. The molecule has 0 spiro atoms. The molecule has 21 heavy (non-hydrogen) atoms. The highest BCUT2D eigenvalue weighted by Crippen LogP contribution is 2.22. The van der Waals surface area contributed by atoms with Gasteiger partial charge < -0.3 is 20.3 Å². The number of aliphatic hydroxyl groups excluding tert-OH is 1. The van der Waals surface area contributed by atoms with E-state index in [0.29, 0.717) is 6.42 Å². The molecule has 2 heterocycles. The normalized spacial score (nSPS) is 22.2. The van der Waals surface area contributed by atoms with E-state index in [2.05, 4.69) is 10.6 Å². The van der Waals surface area contributed by atoms with Crippen LogP contribution in [-0.2, 0) is 23.1 Å². The summed E-state index contributed by atoms with van der Waals surface area (Å²) in [7, 11) is 1.95. The van der Waals surface area contributed by atoms with Gasteiger partial charge in [0, 0.05) is 30.6 Å². The van der Waals surface area contributed by atoms with Crippen molar-refractivity contribution in [3.8, 4) is 0 Å². The fourth-order valence-electron chi connectivity index (χ4n) is 2.76. The van der Waals surface area contributed by atoms with Crippen molar-refractivity contribution in [2.24, 2.45) is 7.05 Å². The Labute approximate surface area is 121 Å². The predicted octanol–water partition coefficient (Wildman–Crippen LogP) is -0.304. The topological polar surface area (TPSA) is 83.4 Å². The third kappa shape index (κ3) is 2.38. The second-order valence-electron chi connectivity index (χ2n) is 5.29. The maximum atomic E-state index is 12.0. The maximum absolute atomic E-state index is 12.0. The van der Waals surface area contributed by atoms with Gasteiger partial charge >= 0.3 is 0 Å². The molecule has 6 nitrogen and oxygen atoms in total. The van der Waals surface area contributed by atoms with Gasteiger partial charge in [0.1, 0.15) is 12.1 Å². The van der Waals surface area contributed by atoms with Gasteiger partial charge in [-0.2, -0.15) is 0 Å². The lowest BCUT2D eigenvalue weighted by atomic mass is 10.0. The smallest absolute Gasteiger partial charge is 0.245 e. The van der Waals surface area contributed by atoms with Crippen LogP contribution in [0.5, 0.6) is 0 Å². The van der Waals surface area contributed by atoms with Crippen molar-refractivity contribution in [3.05, 3.63) is 36.0 Å². The summed E-state index contributed by atoms with van der Waals surface area (Å²) in [6.45, 7) is -0.390. The van der Waals surface area contributed by atoms with Crippen molar-refractivity contribution < 1.29 is 14.7 Å². The number of fused-ring (bicyclic) bond motifs is 1. The van der Waals surface area contributed by atoms with Gasteiger partial charge in [-0.3, -0.25) is 9.59 Å². The highest BCUT2D eigenvalue weighted by atomic mass is 16.3. The van der Waals surface area contributed by atoms with Gasteiger partial charge in [0.05, 0.1) is 6.61 Å². The van der Waals surface area contributed by atoms with Crippen LogP contribution < -0.4 is 10.6 Å². The van der Waals surface area contributed by atoms with Crippen LogP contribution in [0.4, 0.5) is 0 Å². The highest BCUT2D eigenvalue weighted by Gasteiger charge is 2.33. The average Bonchev–Trinajstić information content (AvgIpc) is 2.79. The van der Waals surface area contributed by atoms with E-state index in [1.54, 1.807) is 0 Å². The van der Waals surface area contributed by atoms with E-state index in [1.165, 1.54) is 0 Å². The largest absolute Gasteiger partial charge is 0.394 e. The number of carbonyl (C=O) groups excluding carboxylic acids is 2. The number of piperazine rings is 1. The number of aryl methyl sites for hydroxylation is 1. The number of benzene rings is 1. The van der Waals surface area contributed by atoms with Crippen LogP contribution in [0, 0.1) is 0 Å². The number of carbonyl (C=O) groups is 2. The first kappa shape index (κ1) is 13.6. The number of nitrogens with one attached hydrogen (secondary N) is 2. The monoisotopic (exact) mass is 287 g/mol. The van der Waals surface area contributed by atoms with E-state index >= 15 is 0 Å². The summed E-state index contributed by atoms with van der Waals surface area (Å²) in [4.78, 5) is 23.8. The van der Waals surface area contributed by atoms with Crippen LogP contribution in [0.1, 0.15) is 5.56 Å². The zero-order valence-corrected chi connectivity index (χ0v) is 11.7. The lowest BCUT2D eigenvalue weighted by Crippen LogP contribution is -2.63. The molecule has 0 radical (unpaired) electrons. The average molecular weight is 287 g/mol. The molecule has 0 bridgehead atoms. The number of para-hydroxylation sites is 1. The Hall–Kier alpha value is -2.34. The summed E-state index contributed by atoms with van der Waals surface area (Å²) >= 11 is 0. The third-order valence-electron chi connectivity index (χ3n) is 3.85. The quantitative estimate of drug-likeness (QED) is 0.724. The zero-order chi connectivity index (χ0) is 15.0. The van der Waals surface area contributed by atoms with Gasteiger partial charge in [-0.05, 0) is 11.6 Å². The number of hydrogen-bond acceptors (Lipinski definition) is 3. The summed E-state index contributed by atoms with van der Waals surface area (Å²) in [6.07, 6.45) is 2.40. The summed E-state index contributed by atoms with van der Waals surface area (Å²) in [5.41, 5.74) is 2.10. The molecular weight excluding hydrogens is 270 g/mol. The fourth-order valence-corrected chi connectivity index (χ4v) is 2.76. The number of rotatable bonds is 3. The van der Waals surface area contributed by atoms with E-state index in [1.807, 2.05) is 42.1 Å². The third-order valence-corrected chi connectivity index (χ3v) is 3.85. The van der Waals surface area contributed by atoms with Crippen molar-refractivity contribution in [1.82, 2.24) is 15.2 Å². The van der Waals surface area contributed by atoms with E-state index < -0.39 is 18.7 Å². The molecule has 1 aromatic carbocycles. The maximum Gasteiger partial charge on any atom is 0.245 e. The standard InChI is InChI=1S/C15H17N3O3/c1-18-7-9(10-4-2-3-5-13(10)18)6-11-14(20)17-12(8-19)15(21)16-11/h2-5,7,11-12,19H,6,8H2,1H3,(H,16,21)(H,17,20)/t11-,12-/m1/s1. The molecule has 0 saturated carbocycles. The first-order valence-corrected chi connectivity index (χ1v) is 6.84. The molecule has 1 saturated heterocycles. The Kier molecular flexibility index (Phi) is 3.39. The lowest BCUT2D eigenvalue weighted by molar-refractivity contribution is -0.137. The summed E-state index contributed by atoms with van der Waals surface area (Å²) < 4.78 is 2.00. The Bertz CT molecular complexity index is 707. The molecule has 1 aromatic heterocycles. The Morgan fingerprint density at radius 2 is 1.81 bits per heavy atom. The van der Waals surface area contributed by atoms with Crippen LogP contribution in [0.15, 0.2) is 30.5 Å². The predicted molar refractivity (Wildman–Crippen MR) is 77.6 cm³/mol. The molecule has 3 N–H and O–H groups in total. The number of hydrogen-bond donors (Lipinski definition) is 3. The Balaban J connectivity index is 1.86. The SMILES string of the molecule is Cn1cc(C[C@H]2NC(=O)[C@@H](CO)NC2=O)c2ccccc21. The van der Waals surface area contributed by atoms with Crippen molar-refractivity contribution in [2.75, 3.05) is 6.61 Å². The minimum atomic E-state index is -0.846. The van der Waals surface area contributed by atoms with Crippen molar-refractivity contribution in [1.29, 1.82) is 0 Å². The summed E-state index contributed by atoms with van der Waals surface area (Å²) in [5.74, 6) is -0.607. The van der Waals surface area contributed by atoms with Gasteiger partial charge in [0.2, 0.25) is 11.8 Å². The second kappa shape index (κ2) is 5.21. The van der Waals surface area contributed by atoms with Crippen molar-refractivity contribution in [2.45, 2.75) is 18.5 Å². The molecule has 0 aliphatic carbocycles. The number of aromatic nitrogens is 1. The van der Waals surface area contributed by atoms with Crippen LogP contribution in [-0.4, -0.2) is 40.2 Å². The van der Waals surface area contributed by atoms with E-state index in [-0.39, 0.29) is 11.8 Å². The second-order valence-corrected chi connectivity index (χ2v) is 5.29. The molecular formula is C15H17N3O3. The number of nitrogens with zero attached hydrogens (tertiary/aromatic N) is 1. The molecule has 1 fully saturated rings. The minimum Gasteiger partial charge on any atom is -0.394 e. The highest BCUT2D eigenvalue weighted by molar-refractivity contribution is 5.97. The zero-order valence-electron chi connectivity index (χ0n) is 11.7. The van der Waals surface area contributed by atoms with Gasteiger partial charge in [0.15, 0.2) is 0 Å². The number of amides is 2. The van der Waals surface area contributed by atoms with Crippen molar-refractivity contribution >= 4 is 22.7 Å². The van der Waals surface area contributed by atoms with Gasteiger partial charge in [0.25, 0.3) is 0 Å². The van der Waals surface area contributed by atoms with Gasteiger partial charge in [-0.15, -0.1) is 0 Å². The van der Waals surface area contributed by atoms with Crippen LogP contribution >= 0.6 is 0 Å². The molecule has 0 unspecified atom stereocenters. The lowest BCUT2D eigenvalue weighted by Gasteiger charge is -2.28. The summed E-state index contributed by atoms with van der Waals surface area (Å²) in [5, 5.41) is 15.3. The first-order chi connectivity index (χ1) is 10.1. The van der Waals surface area contributed by atoms with E-state index in [0.717, 1.165) is 16.5 Å². The fraction of sp³-hybridized carbons (Fsp3) is 0.333. The van der Waals surface area contributed by atoms with Crippen LogP contribution in [0.3, 0.4) is 0 Å². The number of aliphatic hydroxyl groups is 1. The molecule has 110 valence electrons. The molecule has 2 aromatic rings. The van der Waals surface area contributed by atoms with Crippen LogP contribution in [0.2, 0.25) is 0 Å². The van der Waals surface area contributed by atoms with Crippen molar-refractivity contribution in [3.63, 3.8) is 0 Å². The molecule has 1 aliphatic rings. The molecule has 6 heteroatoms. The van der Waals surface area contributed by atoms with E-state index in [9.17, 15) is 9.59 Å². The molecule has 2 atom stereocenters.